The second kappa shape index (κ2) is 7.70. The fourth-order valence-corrected chi connectivity index (χ4v) is 3.11. The first-order valence-corrected chi connectivity index (χ1v) is 8.93. The van der Waals surface area contributed by atoms with E-state index < -0.39 is 0 Å². The number of urea groups is 1. The standard InChI is InChI=1S/C21H25N3O3/c1-13-17-12-16(26-5)9-10-19(17)27-20(13)14(2)23-21(25)24(4)15(3)18-8-6-7-11-22-18/h6-12,14-15H,1-5H3,(H,23,25). The predicted molar refractivity (Wildman–Crippen MR) is 105 cm³/mol. The highest BCUT2D eigenvalue weighted by Gasteiger charge is 2.23. The molecule has 0 saturated heterocycles. The zero-order valence-corrected chi connectivity index (χ0v) is 16.3. The third kappa shape index (κ3) is 3.74. The van der Waals surface area contributed by atoms with Crippen LogP contribution in [0.15, 0.2) is 47.0 Å². The normalized spacial score (nSPS) is 13.2. The van der Waals surface area contributed by atoms with Gasteiger partial charge >= 0.3 is 6.03 Å². The molecule has 0 aliphatic rings. The minimum Gasteiger partial charge on any atom is -0.497 e. The number of carbonyl (C=O) groups excluding carboxylic acids is 1. The number of benzene rings is 1. The summed E-state index contributed by atoms with van der Waals surface area (Å²) in [6.07, 6.45) is 1.73. The summed E-state index contributed by atoms with van der Waals surface area (Å²) in [5.41, 5.74) is 2.62. The molecule has 2 amide bonds. The molecule has 0 aliphatic heterocycles. The number of amides is 2. The van der Waals surface area contributed by atoms with E-state index in [1.807, 2.05) is 57.2 Å². The fourth-order valence-electron chi connectivity index (χ4n) is 3.11. The molecule has 0 spiro atoms. The molecule has 6 heteroatoms. The van der Waals surface area contributed by atoms with Gasteiger partial charge in [0.05, 0.1) is 24.9 Å². The molecular weight excluding hydrogens is 342 g/mol. The van der Waals surface area contributed by atoms with Crippen molar-refractivity contribution in [3.8, 4) is 5.75 Å². The van der Waals surface area contributed by atoms with Gasteiger partial charge in [-0.15, -0.1) is 0 Å². The lowest BCUT2D eigenvalue weighted by molar-refractivity contribution is 0.188. The number of methoxy groups -OCH3 is 1. The van der Waals surface area contributed by atoms with Gasteiger partial charge in [0.2, 0.25) is 0 Å². The summed E-state index contributed by atoms with van der Waals surface area (Å²) in [5.74, 6) is 1.52. The number of fused-ring (bicyclic) bond motifs is 1. The number of furan rings is 1. The van der Waals surface area contributed by atoms with E-state index in [0.29, 0.717) is 0 Å². The van der Waals surface area contributed by atoms with Crippen LogP contribution in [0.3, 0.4) is 0 Å². The van der Waals surface area contributed by atoms with Crippen LogP contribution in [0.5, 0.6) is 5.75 Å². The lowest BCUT2D eigenvalue weighted by Gasteiger charge is -2.26. The average molecular weight is 367 g/mol. The summed E-state index contributed by atoms with van der Waals surface area (Å²) < 4.78 is 11.3. The molecule has 27 heavy (non-hydrogen) atoms. The highest BCUT2D eigenvalue weighted by Crippen LogP contribution is 2.32. The molecule has 0 fully saturated rings. The van der Waals surface area contributed by atoms with Gasteiger partial charge in [0.1, 0.15) is 17.1 Å². The minimum absolute atomic E-state index is 0.139. The van der Waals surface area contributed by atoms with E-state index in [9.17, 15) is 4.79 Å². The van der Waals surface area contributed by atoms with Crippen LogP contribution in [-0.4, -0.2) is 30.1 Å². The highest BCUT2D eigenvalue weighted by molar-refractivity contribution is 5.84. The Morgan fingerprint density at radius 1 is 1.26 bits per heavy atom. The van der Waals surface area contributed by atoms with Crippen LogP contribution in [0.4, 0.5) is 4.79 Å². The molecule has 0 bridgehead atoms. The molecule has 2 heterocycles. The number of ether oxygens (including phenoxy) is 1. The van der Waals surface area contributed by atoms with Crippen LogP contribution in [0.2, 0.25) is 0 Å². The zero-order chi connectivity index (χ0) is 19.6. The number of hydrogen-bond acceptors (Lipinski definition) is 4. The summed E-state index contributed by atoms with van der Waals surface area (Å²) in [6, 6.07) is 10.8. The van der Waals surface area contributed by atoms with Crippen LogP contribution in [0.1, 0.15) is 42.9 Å². The second-order valence-corrected chi connectivity index (χ2v) is 6.67. The number of hydrogen-bond donors (Lipinski definition) is 1. The Balaban J connectivity index is 1.76. The molecule has 2 unspecified atom stereocenters. The van der Waals surface area contributed by atoms with E-state index in [1.54, 1.807) is 25.3 Å². The molecule has 3 aromatic rings. The van der Waals surface area contributed by atoms with Crippen LogP contribution in [0, 0.1) is 6.92 Å². The average Bonchev–Trinajstić information content (AvgIpc) is 3.03. The first-order chi connectivity index (χ1) is 12.9. The number of nitrogens with zero attached hydrogens (tertiary/aromatic N) is 2. The van der Waals surface area contributed by atoms with E-state index >= 15 is 0 Å². The summed E-state index contributed by atoms with van der Waals surface area (Å²) >= 11 is 0. The molecule has 1 aromatic carbocycles. The SMILES string of the molecule is COc1ccc2oc(C(C)NC(=O)N(C)C(C)c3ccccn3)c(C)c2c1. The number of rotatable bonds is 5. The lowest BCUT2D eigenvalue weighted by Crippen LogP contribution is -2.40. The number of aryl methyl sites for hydroxylation is 1. The Hall–Kier alpha value is -3.02. The Bertz CT molecular complexity index is 936. The van der Waals surface area contributed by atoms with E-state index in [-0.39, 0.29) is 18.1 Å². The Morgan fingerprint density at radius 3 is 2.70 bits per heavy atom. The van der Waals surface area contributed by atoms with Crippen LogP contribution >= 0.6 is 0 Å². The van der Waals surface area contributed by atoms with Crippen molar-refractivity contribution in [1.82, 2.24) is 15.2 Å². The van der Waals surface area contributed by atoms with Crippen molar-refractivity contribution in [2.24, 2.45) is 0 Å². The van der Waals surface area contributed by atoms with Gasteiger partial charge in [0.15, 0.2) is 0 Å². The Labute approximate surface area is 159 Å². The van der Waals surface area contributed by atoms with Gasteiger partial charge in [0.25, 0.3) is 0 Å². The zero-order valence-electron chi connectivity index (χ0n) is 16.3. The number of aromatic nitrogens is 1. The summed E-state index contributed by atoms with van der Waals surface area (Å²) in [4.78, 5) is 18.7. The van der Waals surface area contributed by atoms with Gasteiger partial charge in [-0.2, -0.15) is 0 Å². The third-order valence-corrected chi connectivity index (χ3v) is 4.93. The Morgan fingerprint density at radius 2 is 2.04 bits per heavy atom. The van der Waals surface area contributed by atoms with Crippen molar-refractivity contribution >= 4 is 17.0 Å². The maximum atomic E-state index is 12.7. The molecule has 2 atom stereocenters. The fraction of sp³-hybridized carbons (Fsp3) is 0.333. The van der Waals surface area contributed by atoms with Crippen LogP contribution in [0.25, 0.3) is 11.0 Å². The summed E-state index contributed by atoms with van der Waals surface area (Å²) in [6.45, 7) is 5.86. The molecule has 1 N–H and O–H groups in total. The maximum absolute atomic E-state index is 12.7. The van der Waals surface area contributed by atoms with Gasteiger partial charge < -0.3 is 19.4 Å². The highest BCUT2D eigenvalue weighted by atomic mass is 16.5. The molecule has 3 rings (SSSR count). The van der Waals surface area contributed by atoms with Crippen molar-refractivity contribution in [2.75, 3.05) is 14.2 Å². The van der Waals surface area contributed by atoms with E-state index in [0.717, 1.165) is 33.7 Å². The lowest BCUT2D eigenvalue weighted by atomic mass is 10.1. The first-order valence-electron chi connectivity index (χ1n) is 8.93. The maximum Gasteiger partial charge on any atom is 0.318 e. The van der Waals surface area contributed by atoms with E-state index in [4.69, 9.17) is 9.15 Å². The number of pyridine rings is 1. The second-order valence-electron chi connectivity index (χ2n) is 6.67. The molecule has 2 aromatic heterocycles. The smallest absolute Gasteiger partial charge is 0.318 e. The van der Waals surface area contributed by atoms with Crippen molar-refractivity contribution in [3.63, 3.8) is 0 Å². The number of nitrogens with one attached hydrogen (secondary N) is 1. The largest absolute Gasteiger partial charge is 0.497 e. The minimum atomic E-state index is -0.269. The summed E-state index contributed by atoms with van der Waals surface area (Å²) in [7, 11) is 3.40. The van der Waals surface area contributed by atoms with Gasteiger partial charge in [0, 0.05) is 24.2 Å². The molecule has 142 valence electrons. The molecular formula is C21H25N3O3. The van der Waals surface area contributed by atoms with E-state index in [2.05, 4.69) is 10.3 Å². The quantitative estimate of drug-likeness (QED) is 0.715. The third-order valence-electron chi connectivity index (χ3n) is 4.93. The van der Waals surface area contributed by atoms with Gasteiger partial charge in [-0.05, 0) is 51.1 Å². The van der Waals surface area contributed by atoms with Crippen LogP contribution < -0.4 is 10.1 Å². The monoisotopic (exact) mass is 367 g/mol. The molecule has 0 aliphatic carbocycles. The van der Waals surface area contributed by atoms with Gasteiger partial charge in [-0.1, -0.05) is 6.07 Å². The van der Waals surface area contributed by atoms with Crippen molar-refractivity contribution in [1.29, 1.82) is 0 Å². The van der Waals surface area contributed by atoms with Crippen LogP contribution in [-0.2, 0) is 0 Å². The van der Waals surface area contributed by atoms with Crippen molar-refractivity contribution in [3.05, 3.63) is 59.6 Å². The molecule has 0 radical (unpaired) electrons. The Kier molecular flexibility index (Phi) is 5.35. The molecule has 6 nitrogen and oxygen atoms in total. The van der Waals surface area contributed by atoms with Gasteiger partial charge in [-0.3, -0.25) is 4.98 Å². The van der Waals surface area contributed by atoms with Crippen molar-refractivity contribution in [2.45, 2.75) is 32.9 Å². The van der Waals surface area contributed by atoms with Gasteiger partial charge in [-0.25, -0.2) is 4.79 Å². The molecule has 0 saturated carbocycles. The van der Waals surface area contributed by atoms with E-state index in [1.165, 1.54) is 0 Å². The topological polar surface area (TPSA) is 67.6 Å². The number of carbonyl (C=O) groups is 1. The first kappa shape index (κ1) is 18.8. The predicted octanol–water partition coefficient (Wildman–Crippen LogP) is 4.61. The summed E-state index contributed by atoms with van der Waals surface area (Å²) in [5, 5.41) is 4.00. The van der Waals surface area contributed by atoms with Crippen molar-refractivity contribution < 1.29 is 13.9 Å².